The highest BCUT2D eigenvalue weighted by atomic mass is 19.1. The van der Waals surface area contributed by atoms with E-state index in [9.17, 15) is 4.39 Å². The summed E-state index contributed by atoms with van der Waals surface area (Å²) in [5, 5.41) is 4.96. The van der Waals surface area contributed by atoms with Crippen molar-refractivity contribution in [3.05, 3.63) is 58.4 Å². The lowest BCUT2D eigenvalue weighted by Crippen LogP contribution is -2.04. The fourth-order valence-electron chi connectivity index (χ4n) is 4.00. The van der Waals surface area contributed by atoms with E-state index >= 15 is 0 Å². The molecule has 0 atom stereocenters. The predicted octanol–water partition coefficient (Wildman–Crippen LogP) is 5.63. The zero-order valence-corrected chi connectivity index (χ0v) is 12.6. The molecule has 0 radical (unpaired) electrons. The van der Waals surface area contributed by atoms with Gasteiger partial charge in [0.25, 0.3) is 0 Å². The van der Waals surface area contributed by atoms with Crippen LogP contribution < -0.4 is 0 Å². The molecule has 0 saturated carbocycles. The zero-order chi connectivity index (χ0) is 14.6. The molecule has 1 heteroatoms. The average molecular weight is 278 g/mol. The third-order valence-corrected chi connectivity index (χ3v) is 5.10. The zero-order valence-electron chi connectivity index (χ0n) is 12.6. The van der Waals surface area contributed by atoms with Crippen LogP contribution in [0.4, 0.5) is 4.39 Å². The van der Waals surface area contributed by atoms with Crippen molar-refractivity contribution in [1.29, 1.82) is 0 Å². The van der Waals surface area contributed by atoms with Crippen LogP contribution in [0, 0.1) is 19.7 Å². The molecular formula is C20H19F. The first-order valence-electron chi connectivity index (χ1n) is 7.79. The lowest BCUT2D eigenvalue weighted by atomic mass is 9.83. The Kier molecular flexibility index (Phi) is 2.78. The SMILES string of the molecule is Cc1c2cc(F)ccc2c(C)c2c3c(ccc12)CCCC3. The maximum atomic E-state index is 13.6. The molecular weight excluding hydrogens is 259 g/mol. The van der Waals surface area contributed by atoms with Crippen LogP contribution in [-0.2, 0) is 12.8 Å². The summed E-state index contributed by atoms with van der Waals surface area (Å²) in [7, 11) is 0. The van der Waals surface area contributed by atoms with Gasteiger partial charge in [-0.25, -0.2) is 4.39 Å². The number of hydrogen-bond donors (Lipinski definition) is 0. The van der Waals surface area contributed by atoms with Gasteiger partial charge in [-0.15, -0.1) is 0 Å². The Hall–Kier alpha value is -1.89. The first-order chi connectivity index (χ1) is 10.2. The molecule has 106 valence electrons. The largest absolute Gasteiger partial charge is 0.207 e. The van der Waals surface area contributed by atoms with Gasteiger partial charge >= 0.3 is 0 Å². The molecule has 0 unspecified atom stereocenters. The van der Waals surface area contributed by atoms with Crippen molar-refractivity contribution in [2.45, 2.75) is 39.5 Å². The maximum Gasteiger partial charge on any atom is 0.123 e. The van der Waals surface area contributed by atoms with Gasteiger partial charge in [0, 0.05) is 0 Å². The summed E-state index contributed by atoms with van der Waals surface area (Å²) in [6.45, 7) is 4.32. The Morgan fingerprint density at radius 3 is 2.43 bits per heavy atom. The summed E-state index contributed by atoms with van der Waals surface area (Å²) < 4.78 is 13.6. The summed E-state index contributed by atoms with van der Waals surface area (Å²) in [4.78, 5) is 0. The van der Waals surface area contributed by atoms with E-state index in [1.807, 2.05) is 6.07 Å². The van der Waals surface area contributed by atoms with E-state index < -0.39 is 0 Å². The van der Waals surface area contributed by atoms with Gasteiger partial charge in [-0.3, -0.25) is 0 Å². The van der Waals surface area contributed by atoms with Crippen LogP contribution in [0.1, 0.15) is 35.1 Å². The summed E-state index contributed by atoms with van der Waals surface area (Å²) in [6.07, 6.45) is 4.96. The van der Waals surface area contributed by atoms with E-state index in [-0.39, 0.29) is 5.82 Å². The number of rotatable bonds is 0. The fraction of sp³-hybridized carbons (Fsp3) is 0.300. The highest BCUT2D eigenvalue weighted by molar-refractivity contribution is 6.07. The van der Waals surface area contributed by atoms with E-state index in [0.29, 0.717) is 0 Å². The summed E-state index contributed by atoms with van der Waals surface area (Å²) in [5.41, 5.74) is 5.56. The molecule has 1 aliphatic rings. The molecule has 0 nitrogen and oxygen atoms in total. The molecule has 0 saturated heterocycles. The minimum absolute atomic E-state index is 0.151. The molecule has 0 aromatic heterocycles. The summed E-state index contributed by atoms with van der Waals surface area (Å²) >= 11 is 0. The lowest BCUT2D eigenvalue weighted by molar-refractivity contribution is 0.629. The first-order valence-corrected chi connectivity index (χ1v) is 7.79. The smallest absolute Gasteiger partial charge is 0.123 e. The lowest BCUT2D eigenvalue weighted by Gasteiger charge is -2.21. The minimum Gasteiger partial charge on any atom is -0.207 e. The quantitative estimate of drug-likeness (QED) is 0.468. The van der Waals surface area contributed by atoms with Gasteiger partial charge in [-0.2, -0.15) is 0 Å². The van der Waals surface area contributed by atoms with Gasteiger partial charge in [0.2, 0.25) is 0 Å². The number of aryl methyl sites for hydroxylation is 4. The van der Waals surface area contributed by atoms with Crippen molar-refractivity contribution in [1.82, 2.24) is 0 Å². The topological polar surface area (TPSA) is 0 Å². The second-order valence-corrected chi connectivity index (χ2v) is 6.27. The molecule has 4 rings (SSSR count). The fourth-order valence-corrected chi connectivity index (χ4v) is 4.00. The van der Waals surface area contributed by atoms with Gasteiger partial charge in [-0.05, 0) is 95.5 Å². The average Bonchev–Trinajstić information content (AvgIpc) is 2.51. The van der Waals surface area contributed by atoms with Gasteiger partial charge in [-0.1, -0.05) is 18.2 Å². The number of halogens is 1. The number of benzene rings is 3. The molecule has 21 heavy (non-hydrogen) atoms. The summed E-state index contributed by atoms with van der Waals surface area (Å²) in [5.74, 6) is -0.151. The van der Waals surface area contributed by atoms with E-state index in [4.69, 9.17) is 0 Å². The monoisotopic (exact) mass is 278 g/mol. The molecule has 0 N–H and O–H groups in total. The highest BCUT2D eigenvalue weighted by Crippen LogP contribution is 2.37. The summed E-state index contributed by atoms with van der Waals surface area (Å²) in [6, 6.07) is 9.72. The van der Waals surface area contributed by atoms with E-state index in [1.165, 1.54) is 64.1 Å². The second-order valence-electron chi connectivity index (χ2n) is 6.27. The Bertz CT molecular complexity index is 874. The Morgan fingerprint density at radius 1 is 0.810 bits per heavy atom. The van der Waals surface area contributed by atoms with E-state index in [2.05, 4.69) is 26.0 Å². The van der Waals surface area contributed by atoms with Crippen LogP contribution in [0.5, 0.6) is 0 Å². The maximum absolute atomic E-state index is 13.6. The molecule has 1 aliphatic carbocycles. The van der Waals surface area contributed by atoms with Crippen LogP contribution in [-0.4, -0.2) is 0 Å². The first kappa shape index (κ1) is 12.8. The van der Waals surface area contributed by atoms with E-state index in [1.54, 1.807) is 12.1 Å². The molecule has 0 heterocycles. The van der Waals surface area contributed by atoms with Crippen molar-refractivity contribution in [2.75, 3.05) is 0 Å². The van der Waals surface area contributed by atoms with Crippen LogP contribution in [0.15, 0.2) is 30.3 Å². The number of hydrogen-bond acceptors (Lipinski definition) is 0. The van der Waals surface area contributed by atoms with Crippen molar-refractivity contribution < 1.29 is 4.39 Å². The minimum atomic E-state index is -0.151. The third-order valence-electron chi connectivity index (χ3n) is 5.10. The molecule has 3 aromatic rings. The normalized spacial score (nSPS) is 14.6. The van der Waals surface area contributed by atoms with Crippen LogP contribution in [0.3, 0.4) is 0 Å². The predicted molar refractivity (Wildman–Crippen MR) is 87.5 cm³/mol. The molecule has 0 amide bonds. The van der Waals surface area contributed by atoms with Gasteiger partial charge in [0.1, 0.15) is 5.82 Å². The molecule has 0 spiro atoms. The van der Waals surface area contributed by atoms with Gasteiger partial charge < -0.3 is 0 Å². The van der Waals surface area contributed by atoms with Crippen molar-refractivity contribution in [2.24, 2.45) is 0 Å². The standard InChI is InChI=1S/C20H19F/c1-12-17-9-7-14-5-3-4-6-18(14)20(17)13(2)16-10-8-15(21)11-19(12)16/h7-11H,3-6H2,1-2H3. The van der Waals surface area contributed by atoms with Gasteiger partial charge in [0.05, 0.1) is 0 Å². The van der Waals surface area contributed by atoms with Crippen molar-refractivity contribution in [3.8, 4) is 0 Å². The Labute approximate surface area is 124 Å². The molecule has 0 bridgehead atoms. The second kappa shape index (κ2) is 4.56. The Morgan fingerprint density at radius 2 is 1.57 bits per heavy atom. The third kappa shape index (κ3) is 1.80. The molecule has 0 aliphatic heterocycles. The van der Waals surface area contributed by atoms with E-state index in [0.717, 1.165) is 5.39 Å². The highest BCUT2D eigenvalue weighted by Gasteiger charge is 2.17. The van der Waals surface area contributed by atoms with Crippen molar-refractivity contribution in [3.63, 3.8) is 0 Å². The van der Waals surface area contributed by atoms with Gasteiger partial charge in [0.15, 0.2) is 0 Å². The van der Waals surface area contributed by atoms with Crippen LogP contribution in [0.25, 0.3) is 21.5 Å². The van der Waals surface area contributed by atoms with Crippen LogP contribution in [0.2, 0.25) is 0 Å². The molecule has 3 aromatic carbocycles. The van der Waals surface area contributed by atoms with Crippen LogP contribution >= 0.6 is 0 Å². The Balaban J connectivity index is 2.22. The van der Waals surface area contributed by atoms with Crippen molar-refractivity contribution >= 4 is 21.5 Å². The number of fused-ring (bicyclic) bond motifs is 4. The molecule has 0 fully saturated rings.